The Morgan fingerprint density at radius 3 is 2.53 bits per heavy atom. The maximum Gasteiger partial charge on any atom is 0.516 e. The van der Waals surface area contributed by atoms with Gasteiger partial charge in [-0.1, -0.05) is 28.9 Å². The van der Waals surface area contributed by atoms with Crippen LogP contribution in [-0.2, 0) is 16.6 Å². The van der Waals surface area contributed by atoms with E-state index in [2.05, 4.69) is 10.1 Å². The van der Waals surface area contributed by atoms with Crippen molar-refractivity contribution in [3.05, 3.63) is 71.6 Å². The van der Waals surface area contributed by atoms with Crippen molar-refractivity contribution in [2.24, 2.45) is 0 Å². The molecule has 0 saturated heterocycles. The number of halogens is 4. The van der Waals surface area contributed by atoms with Crippen molar-refractivity contribution in [3.8, 4) is 17.1 Å². The smallest absolute Gasteiger partial charge is 0.483 e. The minimum absolute atomic E-state index is 0.0534. The molecule has 0 atom stereocenters. The second-order valence-electron chi connectivity index (χ2n) is 6.55. The van der Waals surface area contributed by atoms with E-state index in [1.165, 1.54) is 22.9 Å². The van der Waals surface area contributed by atoms with Gasteiger partial charge >= 0.3 is 15.5 Å². The minimum Gasteiger partial charge on any atom is -0.483 e. The minimum atomic E-state index is -5.52. The van der Waals surface area contributed by atoms with E-state index in [-0.39, 0.29) is 18.2 Å². The Morgan fingerprint density at radius 1 is 1.06 bits per heavy atom. The molecule has 32 heavy (non-hydrogen) atoms. The van der Waals surface area contributed by atoms with Crippen LogP contribution in [0.3, 0.4) is 0 Å². The molecule has 0 aliphatic heterocycles. The van der Waals surface area contributed by atoms with Gasteiger partial charge in [0.1, 0.15) is 5.75 Å². The molecule has 1 N–H and O–H groups in total. The average Bonchev–Trinajstić information content (AvgIpc) is 3.20. The zero-order valence-corrected chi connectivity index (χ0v) is 17.5. The number of hydrogen-bond donors (Lipinski definition) is 1. The van der Waals surface area contributed by atoms with Crippen molar-refractivity contribution in [3.63, 3.8) is 0 Å². The van der Waals surface area contributed by atoms with Crippen LogP contribution in [0.1, 0.15) is 5.89 Å². The Bertz CT molecular complexity index is 1370. The average molecular weight is 484 g/mol. The van der Waals surface area contributed by atoms with Crippen LogP contribution in [-0.4, -0.2) is 24.1 Å². The van der Waals surface area contributed by atoms with E-state index >= 15 is 0 Å². The van der Waals surface area contributed by atoms with Gasteiger partial charge in [-0.3, -0.25) is 4.72 Å². The number of nitrogens with zero attached hydrogens (tertiary/aromatic N) is 2. The molecule has 0 aliphatic rings. The maximum absolute atomic E-state index is 12.6. The number of rotatable bonds is 6. The van der Waals surface area contributed by atoms with Gasteiger partial charge in [0.05, 0.1) is 0 Å². The summed E-state index contributed by atoms with van der Waals surface area (Å²) >= 11 is 5.86. The highest BCUT2D eigenvalue weighted by atomic mass is 35.5. The van der Waals surface area contributed by atoms with Gasteiger partial charge in [-0.25, -0.2) is 0 Å². The normalized spacial score (nSPS) is 12.1. The summed E-state index contributed by atoms with van der Waals surface area (Å²) in [6.45, 7) is -0.0534. The fraction of sp³-hybridized carbons (Fsp3) is 0.100. The lowest BCUT2D eigenvalue weighted by molar-refractivity contribution is -0.0429. The molecule has 0 bridgehead atoms. The molecule has 1 heterocycles. The second kappa shape index (κ2) is 8.32. The highest BCUT2D eigenvalue weighted by molar-refractivity contribution is 7.93. The van der Waals surface area contributed by atoms with E-state index in [1.807, 2.05) is 0 Å². The van der Waals surface area contributed by atoms with E-state index in [4.69, 9.17) is 20.9 Å². The third kappa shape index (κ3) is 4.63. The van der Waals surface area contributed by atoms with Gasteiger partial charge in [0, 0.05) is 21.7 Å². The zero-order chi connectivity index (χ0) is 22.9. The lowest BCUT2D eigenvalue weighted by Gasteiger charge is -2.12. The summed E-state index contributed by atoms with van der Waals surface area (Å²) in [6, 6.07) is 15.7. The van der Waals surface area contributed by atoms with Gasteiger partial charge in [0.2, 0.25) is 5.82 Å². The number of sulfonamides is 1. The highest BCUT2D eigenvalue weighted by Gasteiger charge is 2.46. The van der Waals surface area contributed by atoms with Gasteiger partial charge in [-0.05, 0) is 53.9 Å². The number of alkyl halides is 3. The van der Waals surface area contributed by atoms with Crippen LogP contribution in [0.5, 0.6) is 5.75 Å². The quantitative estimate of drug-likeness (QED) is 0.395. The maximum atomic E-state index is 12.6. The lowest BCUT2D eigenvalue weighted by Crippen LogP contribution is -2.29. The van der Waals surface area contributed by atoms with Crippen LogP contribution in [0.15, 0.2) is 65.2 Å². The molecule has 12 heteroatoms. The highest BCUT2D eigenvalue weighted by Crippen LogP contribution is 2.31. The first-order valence-corrected chi connectivity index (χ1v) is 10.8. The number of hydrogen-bond acceptors (Lipinski definition) is 6. The van der Waals surface area contributed by atoms with E-state index in [0.29, 0.717) is 32.9 Å². The number of nitrogens with one attached hydrogen (secondary N) is 1. The molecule has 0 fully saturated rings. The molecule has 0 amide bonds. The fourth-order valence-electron chi connectivity index (χ4n) is 2.83. The van der Waals surface area contributed by atoms with Crippen LogP contribution >= 0.6 is 11.6 Å². The Labute approximate surface area is 184 Å². The van der Waals surface area contributed by atoms with Crippen LogP contribution in [0.4, 0.5) is 18.9 Å². The van der Waals surface area contributed by atoms with Crippen LogP contribution in [0.2, 0.25) is 5.02 Å². The first kappa shape index (κ1) is 21.9. The van der Waals surface area contributed by atoms with E-state index in [9.17, 15) is 21.6 Å². The number of anilines is 1. The topological polar surface area (TPSA) is 94.3 Å². The molecule has 166 valence electrons. The second-order valence-corrected chi connectivity index (χ2v) is 8.66. The molecule has 0 spiro atoms. The monoisotopic (exact) mass is 483 g/mol. The Hall–Kier alpha value is -3.31. The molecule has 1 aromatic heterocycles. The van der Waals surface area contributed by atoms with Crippen LogP contribution in [0, 0.1) is 0 Å². The molecule has 0 unspecified atom stereocenters. The van der Waals surface area contributed by atoms with Crippen LogP contribution in [0.25, 0.3) is 22.2 Å². The summed E-state index contributed by atoms with van der Waals surface area (Å²) in [5.74, 6) is 0.972. The third-order valence-corrected chi connectivity index (χ3v) is 5.68. The largest absolute Gasteiger partial charge is 0.516 e. The van der Waals surface area contributed by atoms with Gasteiger partial charge in [0.25, 0.3) is 5.89 Å². The van der Waals surface area contributed by atoms with Gasteiger partial charge in [0.15, 0.2) is 6.61 Å². The standard InChI is InChI=1S/C20H13ClF3N3O4S/c21-14-6-4-12(5-7-14)19-25-18(31-26-19)11-30-17-3-1-2-13-10-15(8-9-16(13)17)27-32(28,29)20(22,23)24/h1-10,27H,11H2. The SMILES string of the molecule is O=S(=O)(Nc1ccc2c(OCc3nc(-c4ccc(Cl)cc4)no3)cccc2c1)C(F)(F)F. The Kier molecular flexibility index (Phi) is 5.70. The number of benzene rings is 3. The molecule has 4 rings (SSSR count). The summed E-state index contributed by atoms with van der Waals surface area (Å²) in [7, 11) is -5.52. The number of aromatic nitrogens is 2. The van der Waals surface area contributed by atoms with Crippen molar-refractivity contribution >= 4 is 38.1 Å². The predicted octanol–water partition coefficient (Wildman–Crippen LogP) is 5.38. The number of fused-ring (bicyclic) bond motifs is 1. The Morgan fingerprint density at radius 2 is 1.81 bits per heavy atom. The first-order chi connectivity index (χ1) is 15.1. The van der Waals surface area contributed by atoms with Crippen molar-refractivity contribution in [1.82, 2.24) is 10.1 Å². The van der Waals surface area contributed by atoms with Gasteiger partial charge < -0.3 is 9.26 Å². The molecule has 0 radical (unpaired) electrons. The molecular weight excluding hydrogens is 471 g/mol. The van der Waals surface area contributed by atoms with Crippen molar-refractivity contribution < 1.29 is 30.8 Å². The molecular formula is C20H13ClF3N3O4S. The summed E-state index contributed by atoms with van der Waals surface area (Å²) in [5.41, 5.74) is -4.93. The van der Waals surface area contributed by atoms with E-state index in [1.54, 1.807) is 42.5 Å². The molecule has 4 aromatic rings. The summed E-state index contributed by atoms with van der Waals surface area (Å²) in [6.07, 6.45) is 0. The summed E-state index contributed by atoms with van der Waals surface area (Å²) < 4.78 is 72.8. The summed E-state index contributed by atoms with van der Waals surface area (Å²) in [4.78, 5) is 4.25. The predicted molar refractivity (Wildman–Crippen MR) is 112 cm³/mol. The van der Waals surface area contributed by atoms with Gasteiger partial charge in [-0.15, -0.1) is 0 Å². The zero-order valence-electron chi connectivity index (χ0n) is 15.9. The van der Waals surface area contributed by atoms with E-state index < -0.39 is 15.5 Å². The third-order valence-electron chi connectivity index (χ3n) is 4.32. The lowest BCUT2D eigenvalue weighted by atomic mass is 10.1. The van der Waals surface area contributed by atoms with E-state index in [0.717, 1.165) is 0 Å². The van der Waals surface area contributed by atoms with Crippen molar-refractivity contribution in [2.75, 3.05) is 4.72 Å². The molecule has 0 saturated carbocycles. The van der Waals surface area contributed by atoms with Gasteiger partial charge in [-0.2, -0.15) is 26.6 Å². The van der Waals surface area contributed by atoms with Crippen molar-refractivity contribution in [1.29, 1.82) is 0 Å². The fourth-order valence-corrected chi connectivity index (χ4v) is 3.50. The summed E-state index contributed by atoms with van der Waals surface area (Å²) in [5, 5.41) is 5.49. The molecule has 7 nitrogen and oxygen atoms in total. The van der Waals surface area contributed by atoms with Crippen LogP contribution < -0.4 is 9.46 Å². The Balaban J connectivity index is 1.51. The first-order valence-electron chi connectivity index (χ1n) is 8.95. The molecule has 3 aromatic carbocycles. The molecule has 0 aliphatic carbocycles. The van der Waals surface area contributed by atoms with Crippen molar-refractivity contribution in [2.45, 2.75) is 12.1 Å². The number of ether oxygens (including phenoxy) is 1.